The van der Waals surface area contributed by atoms with Crippen LogP contribution in [0.4, 0.5) is 0 Å². The molecule has 1 amide bonds. The number of hydrogen-bond donors (Lipinski definition) is 1. The van der Waals surface area contributed by atoms with Crippen LogP contribution in [0.2, 0.25) is 0 Å². The molecule has 1 aromatic carbocycles. The number of hydrogen-bond acceptors (Lipinski definition) is 5. The minimum atomic E-state index is -3.13. The molecule has 1 aromatic rings. The Balaban J connectivity index is 2.02. The minimum absolute atomic E-state index is 0.00341. The van der Waals surface area contributed by atoms with E-state index >= 15 is 0 Å². The summed E-state index contributed by atoms with van der Waals surface area (Å²) >= 11 is 0. The van der Waals surface area contributed by atoms with E-state index in [9.17, 15) is 13.2 Å². The molecule has 1 aliphatic rings. The van der Waals surface area contributed by atoms with Crippen LogP contribution >= 0.6 is 0 Å². The molecule has 1 heterocycles. The molecule has 1 atom stereocenters. The van der Waals surface area contributed by atoms with Crippen LogP contribution in [0.15, 0.2) is 24.3 Å². The van der Waals surface area contributed by atoms with E-state index < -0.39 is 9.84 Å². The lowest BCUT2D eigenvalue weighted by Crippen LogP contribution is -2.44. The van der Waals surface area contributed by atoms with E-state index in [0.717, 1.165) is 31.3 Å². The summed E-state index contributed by atoms with van der Waals surface area (Å²) < 4.78 is 27.8. The van der Waals surface area contributed by atoms with Gasteiger partial charge in [-0.15, -0.1) is 0 Å². The first-order chi connectivity index (χ1) is 11.9. The smallest absolute Gasteiger partial charge is 0.221 e. The summed E-state index contributed by atoms with van der Waals surface area (Å²) in [6, 6.07) is 8.53. The van der Waals surface area contributed by atoms with Gasteiger partial charge < -0.3 is 10.1 Å². The van der Waals surface area contributed by atoms with Crippen LogP contribution in [0.5, 0.6) is 0 Å². The quantitative estimate of drug-likeness (QED) is 0.746. The molecular formula is C18H28N2O4S. The highest BCUT2D eigenvalue weighted by atomic mass is 32.2. The highest BCUT2D eigenvalue weighted by Crippen LogP contribution is 2.22. The van der Waals surface area contributed by atoms with Crippen molar-refractivity contribution in [2.45, 2.75) is 25.8 Å². The van der Waals surface area contributed by atoms with Crippen LogP contribution in [0.25, 0.3) is 0 Å². The number of carbonyl (C=O) groups is 1. The Hall–Kier alpha value is -1.44. The zero-order valence-electron chi connectivity index (χ0n) is 15.0. The Bertz CT molecular complexity index is 652. The predicted molar refractivity (Wildman–Crippen MR) is 98.3 cm³/mol. The number of ether oxygens (including phenoxy) is 1. The van der Waals surface area contributed by atoms with E-state index in [1.165, 1.54) is 5.56 Å². The normalized spacial score (nSPS) is 17.2. The van der Waals surface area contributed by atoms with Crippen LogP contribution in [0.3, 0.4) is 0 Å². The lowest BCUT2D eigenvalue weighted by molar-refractivity contribution is -0.121. The molecule has 2 rings (SSSR count). The fourth-order valence-corrected chi connectivity index (χ4v) is 3.46. The molecule has 6 nitrogen and oxygen atoms in total. The lowest BCUT2D eigenvalue weighted by atomic mass is 10.0. The van der Waals surface area contributed by atoms with Gasteiger partial charge in [0.15, 0.2) is 0 Å². The van der Waals surface area contributed by atoms with Gasteiger partial charge in [-0.25, -0.2) is 8.42 Å². The van der Waals surface area contributed by atoms with Crippen molar-refractivity contribution in [2.75, 3.05) is 44.9 Å². The number of morpholine rings is 1. The first-order valence-corrected chi connectivity index (χ1v) is 10.8. The fourth-order valence-electron chi connectivity index (χ4n) is 2.90. The monoisotopic (exact) mass is 368 g/mol. The van der Waals surface area contributed by atoms with Crippen molar-refractivity contribution in [1.82, 2.24) is 10.2 Å². The van der Waals surface area contributed by atoms with Gasteiger partial charge >= 0.3 is 0 Å². The first-order valence-electron chi connectivity index (χ1n) is 8.74. The van der Waals surface area contributed by atoms with E-state index in [1.807, 2.05) is 0 Å². The standard InChI is InChI=1S/C18H28N2O4S/c1-3-15-4-6-16(7-5-15)17(20-9-11-24-12-10-20)14-19-18(21)8-13-25(2,22)23/h4-7,17H,3,8-14H2,1-2H3,(H,19,21). The average molecular weight is 368 g/mol. The zero-order valence-corrected chi connectivity index (χ0v) is 15.8. The number of aryl methyl sites for hydroxylation is 1. The molecule has 0 spiro atoms. The maximum Gasteiger partial charge on any atom is 0.221 e. The van der Waals surface area contributed by atoms with E-state index in [0.29, 0.717) is 19.8 Å². The highest BCUT2D eigenvalue weighted by molar-refractivity contribution is 7.90. The lowest BCUT2D eigenvalue weighted by Gasteiger charge is -2.35. The summed E-state index contributed by atoms with van der Waals surface area (Å²) in [7, 11) is -3.13. The van der Waals surface area contributed by atoms with E-state index in [2.05, 4.69) is 41.4 Å². The Labute approximate surface area is 150 Å². The van der Waals surface area contributed by atoms with Gasteiger partial charge in [-0.1, -0.05) is 31.2 Å². The molecule has 0 aromatic heterocycles. The van der Waals surface area contributed by atoms with Crippen molar-refractivity contribution in [3.8, 4) is 0 Å². The summed E-state index contributed by atoms with van der Waals surface area (Å²) in [6.45, 7) is 5.60. The average Bonchev–Trinajstić information content (AvgIpc) is 2.61. The molecule has 1 aliphatic heterocycles. The number of nitrogens with one attached hydrogen (secondary N) is 1. The minimum Gasteiger partial charge on any atom is -0.379 e. The highest BCUT2D eigenvalue weighted by Gasteiger charge is 2.23. The van der Waals surface area contributed by atoms with Crippen molar-refractivity contribution in [3.05, 3.63) is 35.4 Å². The summed E-state index contributed by atoms with van der Waals surface area (Å²) in [4.78, 5) is 14.3. The van der Waals surface area contributed by atoms with E-state index in [-0.39, 0.29) is 24.1 Å². The Morgan fingerprint density at radius 1 is 1.24 bits per heavy atom. The molecule has 1 fully saturated rings. The summed E-state index contributed by atoms with van der Waals surface area (Å²) in [6.07, 6.45) is 2.14. The SMILES string of the molecule is CCc1ccc(C(CNC(=O)CCS(C)(=O)=O)N2CCOCC2)cc1. The Morgan fingerprint density at radius 2 is 1.88 bits per heavy atom. The zero-order chi connectivity index (χ0) is 18.3. The van der Waals surface area contributed by atoms with Crippen molar-refractivity contribution >= 4 is 15.7 Å². The van der Waals surface area contributed by atoms with Crippen LogP contribution in [0.1, 0.15) is 30.5 Å². The number of nitrogens with zero attached hydrogens (tertiary/aromatic N) is 1. The van der Waals surface area contributed by atoms with Crippen molar-refractivity contribution in [2.24, 2.45) is 0 Å². The van der Waals surface area contributed by atoms with Gasteiger partial charge in [-0.2, -0.15) is 0 Å². The van der Waals surface area contributed by atoms with Crippen LogP contribution in [0, 0.1) is 0 Å². The van der Waals surface area contributed by atoms with Gasteiger partial charge in [0.1, 0.15) is 9.84 Å². The Kier molecular flexibility index (Phi) is 7.40. The molecule has 1 unspecified atom stereocenters. The first kappa shape index (κ1) is 19.9. The molecule has 0 saturated carbocycles. The van der Waals surface area contributed by atoms with E-state index in [4.69, 9.17) is 4.74 Å². The second kappa shape index (κ2) is 9.31. The van der Waals surface area contributed by atoms with Crippen LogP contribution in [-0.2, 0) is 25.8 Å². The van der Waals surface area contributed by atoms with Crippen molar-refractivity contribution in [1.29, 1.82) is 0 Å². The van der Waals surface area contributed by atoms with Crippen molar-refractivity contribution < 1.29 is 17.9 Å². The summed E-state index contributed by atoms with van der Waals surface area (Å²) in [5, 5.41) is 2.89. The maximum absolute atomic E-state index is 12.0. The van der Waals surface area contributed by atoms with Gasteiger partial charge in [0.2, 0.25) is 5.91 Å². The number of sulfone groups is 1. The molecule has 1 saturated heterocycles. The summed E-state index contributed by atoms with van der Waals surface area (Å²) in [5.41, 5.74) is 2.43. The van der Waals surface area contributed by atoms with Gasteiger partial charge in [0, 0.05) is 32.3 Å². The van der Waals surface area contributed by atoms with Gasteiger partial charge in [0.05, 0.1) is 25.0 Å². The largest absolute Gasteiger partial charge is 0.379 e. The molecule has 0 radical (unpaired) electrons. The molecule has 7 heteroatoms. The summed E-state index contributed by atoms with van der Waals surface area (Å²) in [5.74, 6) is -0.347. The molecule has 0 aliphatic carbocycles. The van der Waals surface area contributed by atoms with E-state index in [1.54, 1.807) is 0 Å². The van der Waals surface area contributed by atoms with Gasteiger partial charge in [0.25, 0.3) is 0 Å². The van der Waals surface area contributed by atoms with Gasteiger partial charge in [-0.05, 0) is 17.5 Å². The molecule has 0 bridgehead atoms. The Morgan fingerprint density at radius 3 is 2.44 bits per heavy atom. The molecular weight excluding hydrogens is 340 g/mol. The van der Waals surface area contributed by atoms with Crippen LogP contribution < -0.4 is 5.32 Å². The van der Waals surface area contributed by atoms with Gasteiger partial charge in [-0.3, -0.25) is 9.69 Å². The third-order valence-electron chi connectivity index (χ3n) is 4.45. The van der Waals surface area contributed by atoms with Crippen LogP contribution in [-0.4, -0.2) is 64.1 Å². The second-order valence-electron chi connectivity index (χ2n) is 6.44. The molecule has 1 N–H and O–H groups in total. The topological polar surface area (TPSA) is 75.7 Å². The maximum atomic E-state index is 12.0. The number of rotatable bonds is 8. The molecule has 25 heavy (non-hydrogen) atoms. The fraction of sp³-hybridized carbons (Fsp3) is 0.611. The number of carbonyl (C=O) groups excluding carboxylic acids is 1. The third-order valence-corrected chi connectivity index (χ3v) is 5.40. The molecule has 140 valence electrons. The number of benzene rings is 1. The van der Waals surface area contributed by atoms with Crippen molar-refractivity contribution in [3.63, 3.8) is 0 Å². The number of amides is 1. The third kappa shape index (κ3) is 6.76. The predicted octanol–water partition coefficient (Wildman–Crippen LogP) is 1.17. The second-order valence-corrected chi connectivity index (χ2v) is 8.70.